The Morgan fingerprint density at radius 2 is 1.80 bits per heavy atom. The SMILES string of the molecule is N.[CH2]CC=C. The van der Waals surface area contributed by atoms with Gasteiger partial charge >= 0.3 is 0 Å². The van der Waals surface area contributed by atoms with Gasteiger partial charge in [0.1, 0.15) is 0 Å². The molecule has 0 aliphatic heterocycles. The molecule has 3 N–H and O–H groups in total. The van der Waals surface area contributed by atoms with Crippen molar-refractivity contribution < 1.29 is 0 Å². The zero-order valence-corrected chi connectivity index (χ0v) is 3.41. The monoisotopic (exact) mass is 72.1 g/mol. The molecule has 0 aliphatic carbocycles. The van der Waals surface area contributed by atoms with Gasteiger partial charge in [0.15, 0.2) is 0 Å². The zero-order valence-electron chi connectivity index (χ0n) is 3.41. The standard InChI is InChI=1S/C4H7.H3N/c1-3-4-2;/h3H,1-2,4H2;1H3. The number of hydrogen-bond donors (Lipinski definition) is 1. The summed E-state index contributed by atoms with van der Waals surface area (Å²) in [4.78, 5) is 0. The summed E-state index contributed by atoms with van der Waals surface area (Å²) in [6.45, 7) is 6.90. The van der Waals surface area contributed by atoms with Gasteiger partial charge in [0.05, 0.1) is 0 Å². The molecule has 0 aliphatic rings. The quantitative estimate of drug-likeness (QED) is 0.469. The van der Waals surface area contributed by atoms with E-state index in [0.29, 0.717) is 0 Å². The maximum absolute atomic E-state index is 3.49. The Morgan fingerprint density at radius 1 is 1.60 bits per heavy atom. The predicted molar refractivity (Wildman–Crippen MR) is 25.2 cm³/mol. The third-order valence-electron chi connectivity index (χ3n) is 0.204. The second kappa shape index (κ2) is 9.33. The fraction of sp³-hybridized carbons (Fsp3) is 0.250. The average molecular weight is 72.1 g/mol. The van der Waals surface area contributed by atoms with Crippen LogP contribution in [0.5, 0.6) is 0 Å². The van der Waals surface area contributed by atoms with E-state index in [1.54, 1.807) is 6.08 Å². The van der Waals surface area contributed by atoms with Crippen molar-refractivity contribution in [2.45, 2.75) is 6.42 Å². The topological polar surface area (TPSA) is 35.0 Å². The molecule has 0 bridgehead atoms. The van der Waals surface area contributed by atoms with E-state index in [1.807, 2.05) is 0 Å². The lowest BCUT2D eigenvalue weighted by atomic mass is 10.5. The molecule has 0 aromatic carbocycles. The summed E-state index contributed by atoms with van der Waals surface area (Å²) >= 11 is 0. The Bertz CT molecular complexity index is 17.6. The summed E-state index contributed by atoms with van der Waals surface area (Å²) in [5.74, 6) is 0. The summed E-state index contributed by atoms with van der Waals surface area (Å²) in [6, 6.07) is 0. The highest BCUT2D eigenvalue weighted by molar-refractivity contribution is 4.65. The molecule has 0 amide bonds. The van der Waals surface area contributed by atoms with Crippen molar-refractivity contribution in [3.05, 3.63) is 19.6 Å². The highest BCUT2D eigenvalue weighted by Crippen LogP contribution is 1.65. The van der Waals surface area contributed by atoms with Crippen molar-refractivity contribution in [3.63, 3.8) is 0 Å². The van der Waals surface area contributed by atoms with E-state index in [1.165, 1.54) is 0 Å². The minimum atomic E-state index is 0. The van der Waals surface area contributed by atoms with E-state index >= 15 is 0 Å². The van der Waals surface area contributed by atoms with Crippen LogP contribution in [0.1, 0.15) is 6.42 Å². The summed E-state index contributed by atoms with van der Waals surface area (Å²) < 4.78 is 0. The first-order chi connectivity index (χ1) is 1.91. The van der Waals surface area contributed by atoms with Crippen molar-refractivity contribution in [2.24, 2.45) is 0 Å². The van der Waals surface area contributed by atoms with Crippen LogP contribution in [0, 0.1) is 6.92 Å². The molecule has 0 unspecified atom stereocenters. The Balaban J connectivity index is 0. The van der Waals surface area contributed by atoms with Gasteiger partial charge < -0.3 is 6.15 Å². The van der Waals surface area contributed by atoms with Crippen molar-refractivity contribution in [3.8, 4) is 0 Å². The minimum Gasteiger partial charge on any atom is -0.344 e. The predicted octanol–water partition coefficient (Wildman–Crippen LogP) is 1.56. The molecule has 0 saturated heterocycles. The average Bonchev–Trinajstić information content (AvgIpc) is 1.37. The van der Waals surface area contributed by atoms with Crippen molar-refractivity contribution in [1.29, 1.82) is 0 Å². The summed E-state index contributed by atoms with van der Waals surface area (Å²) in [5.41, 5.74) is 0. The second-order valence-electron chi connectivity index (χ2n) is 0.577. The first-order valence-electron chi connectivity index (χ1n) is 1.32. The Labute approximate surface area is 33.3 Å². The zero-order chi connectivity index (χ0) is 3.41. The van der Waals surface area contributed by atoms with Crippen LogP contribution in [0.4, 0.5) is 0 Å². The summed E-state index contributed by atoms with van der Waals surface area (Å²) in [5, 5.41) is 0. The van der Waals surface area contributed by atoms with Gasteiger partial charge in [-0.2, -0.15) is 0 Å². The smallest absolute Gasteiger partial charge is 0.0353 e. The molecular weight excluding hydrogens is 62.1 g/mol. The fourth-order valence-electron chi connectivity index (χ4n) is 0. The molecule has 0 spiro atoms. The summed E-state index contributed by atoms with van der Waals surface area (Å²) in [7, 11) is 0. The lowest BCUT2D eigenvalue weighted by Gasteiger charge is -1.57. The number of hydrogen-bond acceptors (Lipinski definition) is 1. The molecule has 0 fully saturated rings. The maximum Gasteiger partial charge on any atom is -0.0353 e. The number of allylic oxidation sites excluding steroid dienone is 1. The fourth-order valence-corrected chi connectivity index (χ4v) is 0. The van der Waals surface area contributed by atoms with Gasteiger partial charge in [0, 0.05) is 0 Å². The normalized spacial score (nSPS) is 5.00. The van der Waals surface area contributed by atoms with Crippen LogP contribution in [0.15, 0.2) is 12.7 Å². The van der Waals surface area contributed by atoms with Gasteiger partial charge in [-0.15, -0.1) is 6.58 Å². The van der Waals surface area contributed by atoms with Crippen molar-refractivity contribution in [2.75, 3.05) is 0 Å². The molecule has 0 rings (SSSR count). The van der Waals surface area contributed by atoms with Gasteiger partial charge in [-0.25, -0.2) is 0 Å². The molecule has 1 nitrogen and oxygen atoms in total. The van der Waals surface area contributed by atoms with Gasteiger partial charge in [-0.1, -0.05) is 6.08 Å². The molecule has 0 aromatic heterocycles. The van der Waals surface area contributed by atoms with Crippen LogP contribution in [0.25, 0.3) is 0 Å². The molecule has 1 heteroatoms. The van der Waals surface area contributed by atoms with Crippen LogP contribution in [-0.4, -0.2) is 0 Å². The molecule has 0 aromatic rings. The molecule has 0 atom stereocenters. The van der Waals surface area contributed by atoms with Crippen LogP contribution >= 0.6 is 0 Å². The Kier molecular flexibility index (Phi) is 16.5. The van der Waals surface area contributed by atoms with E-state index in [-0.39, 0.29) is 6.15 Å². The van der Waals surface area contributed by atoms with E-state index in [2.05, 4.69) is 13.5 Å². The largest absolute Gasteiger partial charge is 0.344 e. The molecule has 0 saturated carbocycles. The van der Waals surface area contributed by atoms with Crippen molar-refractivity contribution in [1.82, 2.24) is 6.15 Å². The van der Waals surface area contributed by atoms with Crippen LogP contribution in [-0.2, 0) is 0 Å². The first-order valence-corrected chi connectivity index (χ1v) is 1.32. The number of rotatable bonds is 1. The van der Waals surface area contributed by atoms with Gasteiger partial charge in [-0.05, 0) is 13.3 Å². The molecule has 0 heterocycles. The molecule has 1 radical (unpaired) electrons. The minimum absolute atomic E-state index is 0. The molecule has 5 heavy (non-hydrogen) atoms. The Morgan fingerprint density at radius 3 is 1.80 bits per heavy atom. The lowest BCUT2D eigenvalue weighted by Crippen LogP contribution is -1.37. The maximum atomic E-state index is 3.49. The Hall–Kier alpha value is -0.300. The van der Waals surface area contributed by atoms with Gasteiger partial charge in [0.25, 0.3) is 0 Å². The second-order valence-corrected chi connectivity index (χ2v) is 0.577. The highest BCUT2D eigenvalue weighted by Gasteiger charge is 1.45. The van der Waals surface area contributed by atoms with Gasteiger partial charge in [0.2, 0.25) is 0 Å². The third kappa shape index (κ3) is 21.8. The third-order valence-corrected chi connectivity index (χ3v) is 0.204. The highest BCUT2D eigenvalue weighted by atomic mass is 14.0. The summed E-state index contributed by atoms with van der Waals surface area (Å²) in [6.07, 6.45) is 2.60. The van der Waals surface area contributed by atoms with Crippen LogP contribution < -0.4 is 6.15 Å². The van der Waals surface area contributed by atoms with Crippen molar-refractivity contribution >= 4 is 0 Å². The van der Waals surface area contributed by atoms with Gasteiger partial charge in [-0.3, -0.25) is 0 Å². The van der Waals surface area contributed by atoms with E-state index < -0.39 is 0 Å². The van der Waals surface area contributed by atoms with Crippen LogP contribution in [0.2, 0.25) is 0 Å². The van der Waals surface area contributed by atoms with E-state index in [9.17, 15) is 0 Å². The molecule has 31 valence electrons. The molecular formula is C4H10N. The van der Waals surface area contributed by atoms with Crippen LogP contribution in [0.3, 0.4) is 0 Å². The van der Waals surface area contributed by atoms with E-state index in [4.69, 9.17) is 0 Å². The lowest BCUT2D eigenvalue weighted by molar-refractivity contribution is 1.42. The first kappa shape index (κ1) is 8.83. The van der Waals surface area contributed by atoms with E-state index in [0.717, 1.165) is 6.42 Å².